The Bertz CT molecular complexity index is 11100. The van der Waals surface area contributed by atoms with E-state index < -0.39 is 0 Å². The maximum Gasteiger partial charge on any atom is 0.238 e. The van der Waals surface area contributed by atoms with Crippen molar-refractivity contribution in [3.05, 3.63) is 467 Å². The maximum atomic E-state index is 6.70. The van der Waals surface area contributed by atoms with Crippen LogP contribution < -0.4 is 0 Å². The Hall–Kier alpha value is -19.1. The fourth-order valence-corrected chi connectivity index (χ4v) is 26.0. The van der Waals surface area contributed by atoms with Crippen LogP contribution in [0.1, 0.15) is 0 Å². The molecule has 678 valence electrons. The third-order valence-corrected chi connectivity index (χ3v) is 32.2. The van der Waals surface area contributed by atoms with E-state index in [0.717, 1.165) is 177 Å². The van der Waals surface area contributed by atoms with Crippen LogP contribution in [0.25, 0.3) is 306 Å². The standard InChI is InChI=1S/C67H39N5OS.C66H38N4OS/c1-4-17-40(18-5-1)65-68-66(41-19-6-2-7-20-41)70-67(69-65)72-54-28-14-12-23-47(54)51-37-42(31-34-55(51)72)43-33-36-57-53(38-43)60-46(27-16-29-58(60)73-57)44-32-35-56-52(39-44)61-48-24-10-11-25-49(48)62-50-26-13-15-30-59(50)74-64(62)63(61)71(56)45-21-8-3-9-22-45;1-3-16-39(17-4-1)63-48-23-9-12-26-53(48)67-66(68-63)70-54-27-13-10-20-45(54)50-36-40(30-33-55(50)70)41-32-35-57-52(37-41)60-44(25-15-28-58(60)71-57)42-31-34-56-51(38-42)61-46-21-7-8-22-47(46)62-49-24-11-14-29-59(49)72-65(62)64(61)69(56)43-18-5-2-6-19-43/h1-39H;1-38H. The van der Waals surface area contributed by atoms with Crippen molar-refractivity contribution in [2.24, 2.45) is 0 Å². The summed E-state index contributed by atoms with van der Waals surface area (Å²) in [6.07, 6.45) is 0. The van der Waals surface area contributed by atoms with Crippen LogP contribution in [-0.2, 0) is 0 Å². The number of nitrogens with zero attached hydrogens (tertiary/aromatic N) is 9. The van der Waals surface area contributed by atoms with Gasteiger partial charge in [0.2, 0.25) is 11.9 Å². The zero-order valence-corrected chi connectivity index (χ0v) is 79.7. The molecule has 10 aromatic heterocycles. The fraction of sp³-hybridized carbons (Fsp3) is 0. The van der Waals surface area contributed by atoms with E-state index in [1.807, 2.05) is 95.5 Å². The highest BCUT2D eigenvalue weighted by atomic mass is 32.1. The normalized spacial score (nSPS) is 12.1. The topological polar surface area (TPSA) is 110 Å². The lowest BCUT2D eigenvalue weighted by Crippen LogP contribution is -2.06. The molecule has 0 atom stereocenters. The van der Waals surface area contributed by atoms with E-state index in [1.54, 1.807) is 0 Å². The number of rotatable bonds is 11. The average Bonchev–Trinajstić information content (AvgIpc) is 1.53. The molecule has 32 rings (SSSR count). The Morgan fingerprint density at radius 1 is 0.185 bits per heavy atom. The number of thiophene rings is 2. The molecule has 0 radical (unpaired) electrons. The van der Waals surface area contributed by atoms with Gasteiger partial charge in [-0.05, 0) is 206 Å². The summed E-state index contributed by atoms with van der Waals surface area (Å²) in [5.74, 6) is 2.46. The zero-order valence-electron chi connectivity index (χ0n) is 78.1. The van der Waals surface area contributed by atoms with Crippen LogP contribution in [0, 0.1) is 0 Å². The Labute approximate surface area is 841 Å². The second-order valence-corrected chi connectivity index (χ2v) is 40.0. The summed E-state index contributed by atoms with van der Waals surface area (Å²) in [5.41, 5.74) is 28.5. The molecule has 22 aromatic carbocycles. The third kappa shape index (κ3) is 12.5. The van der Waals surface area contributed by atoms with Crippen LogP contribution in [0.15, 0.2) is 476 Å². The van der Waals surface area contributed by atoms with E-state index in [9.17, 15) is 0 Å². The molecule has 146 heavy (non-hydrogen) atoms. The van der Waals surface area contributed by atoms with Crippen molar-refractivity contribution in [3.8, 4) is 102 Å². The van der Waals surface area contributed by atoms with Gasteiger partial charge in [-0.3, -0.25) is 9.13 Å². The number of furan rings is 2. The second kappa shape index (κ2) is 32.2. The van der Waals surface area contributed by atoms with Gasteiger partial charge in [0.05, 0.1) is 64.7 Å². The number of hydrogen-bond donors (Lipinski definition) is 0. The highest BCUT2D eigenvalue weighted by molar-refractivity contribution is 7.27. The summed E-state index contributed by atoms with van der Waals surface area (Å²) in [6, 6.07) is 167. The lowest BCUT2D eigenvalue weighted by Gasteiger charge is -2.12. The Kier molecular flexibility index (Phi) is 18.1. The number of aromatic nitrogens is 9. The van der Waals surface area contributed by atoms with Gasteiger partial charge in [0.25, 0.3) is 0 Å². The summed E-state index contributed by atoms with van der Waals surface area (Å²) >= 11 is 3.79. The smallest absolute Gasteiger partial charge is 0.238 e. The summed E-state index contributed by atoms with van der Waals surface area (Å²) in [6.45, 7) is 0. The minimum Gasteiger partial charge on any atom is -0.456 e. The highest BCUT2D eigenvalue weighted by Gasteiger charge is 2.30. The lowest BCUT2D eigenvalue weighted by molar-refractivity contribution is 0.668. The highest BCUT2D eigenvalue weighted by Crippen LogP contribution is 2.54. The first kappa shape index (κ1) is 81.8. The minimum atomic E-state index is 0.569. The van der Waals surface area contributed by atoms with Crippen molar-refractivity contribution in [1.82, 2.24) is 43.2 Å². The van der Waals surface area contributed by atoms with Crippen molar-refractivity contribution in [2.75, 3.05) is 0 Å². The number of hydrogen-bond acceptors (Lipinski definition) is 9. The lowest BCUT2D eigenvalue weighted by atomic mass is 9.95. The van der Waals surface area contributed by atoms with E-state index in [4.69, 9.17) is 33.8 Å². The molecule has 0 unspecified atom stereocenters. The molecule has 0 amide bonds. The van der Waals surface area contributed by atoms with Crippen LogP contribution in [0.4, 0.5) is 0 Å². The average molecular weight is 1900 g/mol. The summed E-state index contributed by atoms with van der Waals surface area (Å²) < 4.78 is 28.0. The molecule has 0 saturated carbocycles. The van der Waals surface area contributed by atoms with Gasteiger partial charge in [0, 0.05) is 129 Å². The molecule has 32 aromatic rings. The third-order valence-electron chi connectivity index (χ3n) is 29.9. The number of benzene rings is 22. The maximum absolute atomic E-state index is 6.70. The van der Waals surface area contributed by atoms with Gasteiger partial charge in [-0.25, -0.2) is 15.0 Å². The molecule has 11 nitrogen and oxygen atoms in total. The van der Waals surface area contributed by atoms with Crippen molar-refractivity contribution in [2.45, 2.75) is 0 Å². The first-order chi connectivity index (χ1) is 72.4. The first-order valence-corrected chi connectivity index (χ1v) is 50.9. The Balaban J connectivity index is 0.000000133. The molecular weight excluding hydrogens is 1820 g/mol. The van der Waals surface area contributed by atoms with Gasteiger partial charge in [-0.15, -0.1) is 22.7 Å². The molecular formula is C133H77N9O2S2. The molecule has 10 heterocycles. The Morgan fingerprint density at radius 3 is 0.973 bits per heavy atom. The van der Waals surface area contributed by atoms with Crippen LogP contribution in [0.5, 0.6) is 0 Å². The molecule has 0 fully saturated rings. The monoisotopic (exact) mass is 1900 g/mol. The SMILES string of the molecule is c1ccc(-c2nc(-c3ccccc3)nc(-n3c4ccccc4c4cc(-c5ccc6oc7cccc(-c8ccc9c(c8)c8c%10ccccc%10c%10c%11ccccc%11sc%10c8n9-c8ccccc8)c7c6c5)ccc43)n2)cc1.c1ccc(-c2nc(-n3c4ccccc4c4cc(-c5ccc6oc7cccc(-c8ccc9c(c8)c8c%10ccccc%10c%10c%11ccccc%11sc%10c8n9-c8ccccc8)c7c6c5)ccc43)nc3ccccc23)cc1. The van der Waals surface area contributed by atoms with Crippen molar-refractivity contribution in [3.63, 3.8) is 0 Å². The summed E-state index contributed by atoms with van der Waals surface area (Å²) in [5, 5.41) is 25.3. The number of fused-ring (bicyclic) bond motifs is 33. The zero-order chi connectivity index (χ0) is 95.5. The van der Waals surface area contributed by atoms with Gasteiger partial charge >= 0.3 is 0 Å². The molecule has 0 aliphatic carbocycles. The largest absolute Gasteiger partial charge is 0.456 e. The van der Waals surface area contributed by atoms with Crippen molar-refractivity contribution in [1.29, 1.82) is 0 Å². The fourth-order valence-electron chi connectivity index (χ4n) is 23.5. The van der Waals surface area contributed by atoms with Crippen LogP contribution in [0.2, 0.25) is 0 Å². The Morgan fingerprint density at radius 2 is 0.521 bits per heavy atom. The van der Waals surface area contributed by atoms with E-state index in [0.29, 0.717) is 23.5 Å². The number of para-hydroxylation sites is 5. The van der Waals surface area contributed by atoms with E-state index in [2.05, 4.69) is 413 Å². The minimum absolute atomic E-state index is 0.569. The first-order valence-electron chi connectivity index (χ1n) is 49.3. The second-order valence-electron chi connectivity index (χ2n) is 37.9. The predicted molar refractivity (Wildman–Crippen MR) is 610 cm³/mol. The molecule has 0 saturated heterocycles. The van der Waals surface area contributed by atoms with E-state index in [-0.39, 0.29) is 0 Å². The van der Waals surface area contributed by atoms with Crippen molar-refractivity contribution >= 4 is 227 Å². The van der Waals surface area contributed by atoms with E-state index >= 15 is 0 Å². The van der Waals surface area contributed by atoms with Gasteiger partial charge in [-0.2, -0.15) is 9.97 Å². The molecule has 0 spiro atoms. The van der Waals surface area contributed by atoms with Crippen LogP contribution >= 0.6 is 22.7 Å². The van der Waals surface area contributed by atoms with Gasteiger partial charge in [-0.1, -0.05) is 328 Å². The molecule has 0 bridgehead atoms. The predicted octanol–water partition coefficient (Wildman–Crippen LogP) is 36.4. The summed E-state index contributed by atoms with van der Waals surface area (Å²) in [7, 11) is 0. The molecule has 0 aliphatic heterocycles. The molecule has 0 N–H and O–H groups in total. The molecule has 0 aliphatic rings. The van der Waals surface area contributed by atoms with E-state index in [1.165, 1.54) is 106 Å². The molecule has 13 heteroatoms. The van der Waals surface area contributed by atoms with Crippen molar-refractivity contribution < 1.29 is 8.83 Å². The van der Waals surface area contributed by atoms with Crippen LogP contribution in [0.3, 0.4) is 0 Å². The van der Waals surface area contributed by atoms with Gasteiger partial charge in [0.1, 0.15) is 22.3 Å². The van der Waals surface area contributed by atoms with Gasteiger partial charge < -0.3 is 18.0 Å². The quantitative estimate of drug-likeness (QED) is 0.127. The summed E-state index contributed by atoms with van der Waals surface area (Å²) in [4.78, 5) is 25.8. The van der Waals surface area contributed by atoms with Gasteiger partial charge in [0.15, 0.2) is 11.6 Å². The van der Waals surface area contributed by atoms with Crippen LogP contribution in [-0.4, -0.2) is 43.2 Å².